The van der Waals surface area contributed by atoms with E-state index >= 15 is 0 Å². The fraction of sp³-hybridized carbons (Fsp3) is 0.231. The Balaban J connectivity index is 1.87. The van der Waals surface area contributed by atoms with Crippen molar-refractivity contribution in [3.8, 4) is 0 Å². The molecule has 3 aromatic heterocycles. The number of nitrogens with zero attached hydrogens (tertiary/aromatic N) is 6. The Hall–Kier alpha value is -2.55. The number of benzene rings is 1. The number of hydrogen-bond acceptors (Lipinski definition) is 5. The second-order valence-electron chi connectivity index (χ2n) is 4.87. The first-order valence-electron chi connectivity index (χ1n) is 6.68. The molecule has 1 aromatic carbocycles. The van der Waals surface area contributed by atoms with Gasteiger partial charge in [-0.05, 0) is 12.1 Å². The summed E-state index contributed by atoms with van der Waals surface area (Å²) in [6, 6.07) is 7.99. The molecule has 0 bridgehead atoms. The largest absolute Gasteiger partial charge is 0.481 e. The van der Waals surface area contributed by atoms with E-state index in [1.54, 1.807) is 4.52 Å². The zero-order valence-electron chi connectivity index (χ0n) is 11.7. The van der Waals surface area contributed by atoms with Gasteiger partial charge in [0.05, 0.1) is 17.5 Å². The highest BCUT2D eigenvalue weighted by molar-refractivity contribution is 7.99. The van der Waals surface area contributed by atoms with Crippen LogP contribution < -0.4 is 0 Å². The number of hydrogen-bond donors (Lipinski definition) is 1. The Kier molecular flexibility index (Phi) is 2.83. The summed E-state index contributed by atoms with van der Waals surface area (Å²) in [6.07, 6.45) is 0.0792. The van der Waals surface area contributed by atoms with E-state index in [2.05, 4.69) is 15.3 Å². The lowest BCUT2D eigenvalue weighted by Crippen LogP contribution is -1.97. The van der Waals surface area contributed by atoms with Gasteiger partial charge < -0.3 is 9.67 Å². The SMILES string of the molecule is Cn1c2ccccc2n2c1nn1c(SCCC(=O)O)nnc12. The molecule has 0 saturated carbocycles. The van der Waals surface area contributed by atoms with Crippen LogP contribution in [-0.4, -0.2) is 45.6 Å². The van der Waals surface area contributed by atoms with Crippen LogP contribution in [0.25, 0.3) is 22.6 Å². The molecule has 4 rings (SSSR count). The minimum absolute atomic E-state index is 0.0792. The molecule has 0 unspecified atom stereocenters. The average molecular weight is 316 g/mol. The Morgan fingerprint density at radius 3 is 2.77 bits per heavy atom. The van der Waals surface area contributed by atoms with Crippen LogP contribution in [0, 0.1) is 0 Å². The Bertz CT molecular complexity index is 1010. The van der Waals surface area contributed by atoms with Crippen molar-refractivity contribution in [2.75, 3.05) is 5.75 Å². The van der Waals surface area contributed by atoms with Crippen LogP contribution in [0.1, 0.15) is 6.42 Å². The van der Waals surface area contributed by atoms with Gasteiger partial charge in [0, 0.05) is 12.8 Å². The number of imidazole rings is 1. The van der Waals surface area contributed by atoms with Crippen molar-refractivity contribution >= 4 is 40.3 Å². The maximum Gasteiger partial charge on any atom is 0.304 e. The molecule has 9 heteroatoms. The molecule has 0 amide bonds. The van der Waals surface area contributed by atoms with Crippen LogP contribution in [0.15, 0.2) is 29.4 Å². The lowest BCUT2D eigenvalue weighted by molar-refractivity contribution is -0.136. The summed E-state index contributed by atoms with van der Waals surface area (Å²) in [5.41, 5.74) is 2.08. The summed E-state index contributed by atoms with van der Waals surface area (Å²) in [5, 5.41) is 22.2. The number of para-hydroxylation sites is 2. The van der Waals surface area contributed by atoms with Crippen LogP contribution in [0.4, 0.5) is 0 Å². The van der Waals surface area contributed by atoms with E-state index in [1.807, 2.05) is 40.3 Å². The van der Waals surface area contributed by atoms with Crippen LogP contribution in [0.2, 0.25) is 0 Å². The van der Waals surface area contributed by atoms with Gasteiger partial charge in [0.15, 0.2) is 0 Å². The molecule has 0 aliphatic heterocycles. The van der Waals surface area contributed by atoms with E-state index in [0.717, 1.165) is 16.8 Å². The molecular weight excluding hydrogens is 304 g/mol. The number of fused-ring (bicyclic) bond motifs is 5. The quantitative estimate of drug-likeness (QED) is 0.573. The first-order valence-corrected chi connectivity index (χ1v) is 7.67. The predicted molar refractivity (Wildman–Crippen MR) is 81.2 cm³/mol. The van der Waals surface area contributed by atoms with Gasteiger partial charge in [0.1, 0.15) is 0 Å². The van der Waals surface area contributed by atoms with Gasteiger partial charge in [-0.2, -0.15) is 4.52 Å². The first-order chi connectivity index (χ1) is 10.7. The molecule has 1 N–H and O–H groups in total. The number of aromatic nitrogens is 6. The summed E-state index contributed by atoms with van der Waals surface area (Å²) in [5.74, 6) is 1.01. The van der Waals surface area contributed by atoms with Crippen molar-refractivity contribution in [2.45, 2.75) is 11.6 Å². The number of carbonyl (C=O) groups is 1. The summed E-state index contributed by atoms with van der Waals surface area (Å²) in [7, 11) is 1.95. The van der Waals surface area contributed by atoms with Crippen molar-refractivity contribution in [3.05, 3.63) is 24.3 Å². The second-order valence-corrected chi connectivity index (χ2v) is 5.93. The molecule has 8 nitrogen and oxygen atoms in total. The fourth-order valence-electron chi connectivity index (χ4n) is 2.51. The van der Waals surface area contributed by atoms with Gasteiger partial charge in [-0.15, -0.1) is 15.3 Å². The van der Waals surface area contributed by atoms with Crippen molar-refractivity contribution in [3.63, 3.8) is 0 Å². The number of carboxylic acid groups (broad SMARTS) is 1. The Morgan fingerprint density at radius 1 is 1.23 bits per heavy atom. The molecule has 0 aliphatic carbocycles. The number of aryl methyl sites for hydroxylation is 1. The third-order valence-electron chi connectivity index (χ3n) is 3.52. The number of rotatable bonds is 4. The minimum Gasteiger partial charge on any atom is -0.481 e. The van der Waals surface area contributed by atoms with Gasteiger partial charge in [-0.3, -0.25) is 4.79 Å². The van der Waals surface area contributed by atoms with Crippen molar-refractivity contribution in [2.24, 2.45) is 7.05 Å². The molecule has 112 valence electrons. The second kappa shape index (κ2) is 4.73. The molecule has 0 aliphatic rings. The van der Waals surface area contributed by atoms with Gasteiger partial charge in [0.25, 0.3) is 5.78 Å². The van der Waals surface area contributed by atoms with E-state index in [-0.39, 0.29) is 6.42 Å². The topological polar surface area (TPSA) is 89.7 Å². The van der Waals surface area contributed by atoms with E-state index in [0.29, 0.717) is 16.7 Å². The van der Waals surface area contributed by atoms with Crippen LogP contribution in [-0.2, 0) is 11.8 Å². The number of aliphatic carboxylic acids is 1. The van der Waals surface area contributed by atoms with E-state index in [9.17, 15) is 4.79 Å². The van der Waals surface area contributed by atoms with Gasteiger partial charge >= 0.3 is 5.97 Å². The van der Waals surface area contributed by atoms with Crippen LogP contribution >= 0.6 is 11.8 Å². The molecule has 3 heterocycles. The van der Waals surface area contributed by atoms with E-state index < -0.39 is 5.97 Å². The maximum absolute atomic E-state index is 10.6. The van der Waals surface area contributed by atoms with E-state index in [1.165, 1.54) is 11.8 Å². The summed E-state index contributed by atoms with van der Waals surface area (Å²) in [6.45, 7) is 0. The average Bonchev–Trinajstić information content (AvgIpc) is 3.12. The fourth-order valence-corrected chi connectivity index (χ4v) is 3.31. The zero-order valence-corrected chi connectivity index (χ0v) is 12.5. The number of thioether (sulfide) groups is 1. The highest BCUT2D eigenvalue weighted by Gasteiger charge is 2.18. The van der Waals surface area contributed by atoms with Gasteiger partial charge in [-0.25, -0.2) is 4.40 Å². The predicted octanol–water partition coefficient (Wildman–Crippen LogP) is 1.44. The van der Waals surface area contributed by atoms with Crippen LogP contribution in [0.5, 0.6) is 0 Å². The van der Waals surface area contributed by atoms with Crippen molar-refractivity contribution < 1.29 is 9.90 Å². The lowest BCUT2D eigenvalue weighted by atomic mass is 10.3. The normalized spacial score (nSPS) is 11.9. The zero-order chi connectivity index (χ0) is 15.3. The Labute approximate surface area is 128 Å². The molecule has 22 heavy (non-hydrogen) atoms. The molecule has 4 aromatic rings. The van der Waals surface area contributed by atoms with Crippen molar-refractivity contribution in [1.29, 1.82) is 0 Å². The molecule has 0 atom stereocenters. The molecule has 0 radical (unpaired) electrons. The molecular formula is C13H12N6O2S. The van der Waals surface area contributed by atoms with E-state index in [4.69, 9.17) is 5.11 Å². The van der Waals surface area contributed by atoms with Crippen LogP contribution in [0.3, 0.4) is 0 Å². The highest BCUT2D eigenvalue weighted by Crippen LogP contribution is 2.23. The summed E-state index contributed by atoms with van der Waals surface area (Å²) >= 11 is 1.34. The first kappa shape index (κ1) is 13.1. The monoisotopic (exact) mass is 316 g/mol. The van der Waals surface area contributed by atoms with Gasteiger partial charge in [-0.1, -0.05) is 23.9 Å². The number of carboxylic acids is 1. The minimum atomic E-state index is -0.825. The standard InChI is InChI=1S/C13H12N6O2S/c1-17-8-4-2-3-5-9(8)18-11-14-15-13(19(11)16-12(17)18)22-7-6-10(20)21/h2-5H,6-7H2,1H3,(H,20,21). The highest BCUT2D eigenvalue weighted by atomic mass is 32.2. The molecule has 0 fully saturated rings. The third kappa shape index (κ3) is 1.78. The van der Waals surface area contributed by atoms with Gasteiger partial charge in [0.2, 0.25) is 10.9 Å². The molecule has 0 spiro atoms. The Morgan fingerprint density at radius 2 is 2.00 bits per heavy atom. The smallest absolute Gasteiger partial charge is 0.304 e. The molecule has 0 saturated heterocycles. The maximum atomic E-state index is 10.6. The summed E-state index contributed by atoms with van der Waals surface area (Å²) in [4.78, 5) is 10.6. The third-order valence-corrected chi connectivity index (χ3v) is 4.44. The lowest BCUT2D eigenvalue weighted by Gasteiger charge is -1.95. The van der Waals surface area contributed by atoms with Crippen molar-refractivity contribution in [1.82, 2.24) is 28.8 Å². The summed E-state index contributed by atoms with van der Waals surface area (Å²) < 4.78 is 5.60.